The molecule has 1 aliphatic heterocycles. The Morgan fingerprint density at radius 1 is 0.968 bits per heavy atom. The minimum Gasteiger partial charge on any atom is -0.371 e. The highest BCUT2D eigenvalue weighted by atomic mass is 16.2. The normalized spacial score (nSPS) is 15.6. The van der Waals surface area contributed by atoms with Crippen LogP contribution in [0.5, 0.6) is 0 Å². The molecule has 1 heterocycles. The van der Waals surface area contributed by atoms with Crippen molar-refractivity contribution in [3.63, 3.8) is 0 Å². The van der Waals surface area contributed by atoms with E-state index in [9.17, 15) is 9.59 Å². The van der Waals surface area contributed by atoms with Crippen molar-refractivity contribution in [2.24, 2.45) is 5.92 Å². The lowest BCUT2D eigenvalue weighted by atomic mass is 10.0. The van der Waals surface area contributed by atoms with Gasteiger partial charge in [-0.15, -0.1) is 0 Å². The van der Waals surface area contributed by atoms with Crippen molar-refractivity contribution in [1.29, 1.82) is 0 Å². The van der Waals surface area contributed by atoms with Gasteiger partial charge in [-0.05, 0) is 61.9 Å². The van der Waals surface area contributed by atoms with Crippen LogP contribution in [0.25, 0.3) is 0 Å². The molecule has 2 aromatic rings. The number of nitrogens with zero attached hydrogens (tertiary/aromatic N) is 1. The summed E-state index contributed by atoms with van der Waals surface area (Å²) in [5.74, 6) is 0.347. The van der Waals surface area contributed by atoms with Crippen LogP contribution < -0.4 is 15.5 Å². The number of nitrogens with one attached hydrogen (secondary N) is 2. The maximum absolute atomic E-state index is 12.8. The van der Waals surface area contributed by atoms with Gasteiger partial charge in [0.15, 0.2) is 0 Å². The molecule has 0 radical (unpaired) electrons. The second-order valence-electron chi connectivity index (χ2n) is 8.81. The molecule has 5 heteroatoms. The van der Waals surface area contributed by atoms with E-state index in [0.717, 1.165) is 38.0 Å². The van der Waals surface area contributed by atoms with Crippen LogP contribution in [0.15, 0.2) is 48.5 Å². The average molecular weight is 422 g/mol. The van der Waals surface area contributed by atoms with Gasteiger partial charge in [0.25, 0.3) is 11.8 Å². The van der Waals surface area contributed by atoms with Crippen LogP contribution >= 0.6 is 0 Å². The highest BCUT2D eigenvalue weighted by Crippen LogP contribution is 2.25. The summed E-state index contributed by atoms with van der Waals surface area (Å²) in [5, 5.41) is 6.29. The molecule has 2 aromatic carbocycles. The molecule has 0 unspecified atom stereocenters. The Balaban J connectivity index is 1.59. The first-order valence-corrected chi connectivity index (χ1v) is 11.4. The van der Waals surface area contributed by atoms with Gasteiger partial charge in [0.05, 0.1) is 5.56 Å². The summed E-state index contributed by atoms with van der Waals surface area (Å²) in [6.45, 7) is 9.97. The number of aryl methyl sites for hydroxylation is 1. The third-order valence-corrected chi connectivity index (χ3v) is 6.30. The number of carbonyl (C=O) groups is 2. The zero-order chi connectivity index (χ0) is 22.4. The van der Waals surface area contributed by atoms with Gasteiger partial charge < -0.3 is 15.5 Å². The van der Waals surface area contributed by atoms with Gasteiger partial charge in [-0.1, -0.05) is 45.0 Å². The van der Waals surface area contributed by atoms with E-state index in [-0.39, 0.29) is 23.9 Å². The summed E-state index contributed by atoms with van der Waals surface area (Å²) in [7, 11) is 0. The molecule has 1 aliphatic rings. The van der Waals surface area contributed by atoms with Crippen LogP contribution in [0.2, 0.25) is 0 Å². The van der Waals surface area contributed by atoms with Gasteiger partial charge >= 0.3 is 0 Å². The summed E-state index contributed by atoms with van der Waals surface area (Å²) in [6, 6.07) is 15.9. The van der Waals surface area contributed by atoms with Crippen molar-refractivity contribution in [3.8, 4) is 0 Å². The monoisotopic (exact) mass is 421 g/mol. The van der Waals surface area contributed by atoms with Gasteiger partial charge in [0.1, 0.15) is 0 Å². The zero-order valence-corrected chi connectivity index (χ0v) is 19.2. The quantitative estimate of drug-likeness (QED) is 0.696. The lowest BCUT2D eigenvalue weighted by molar-refractivity contribution is 0.0925. The fourth-order valence-corrected chi connectivity index (χ4v) is 3.82. The van der Waals surface area contributed by atoms with Crippen LogP contribution in [0.1, 0.15) is 66.8 Å². The SMILES string of the molecule is CCc1ccc(C(=O)NC2CCN(c3ccccc3C(=O)N[C@H](C)C(C)C)CC2)cc1. The summed E-state index contributed by atoms with van der Waals surface area (Å²) in [4.78, 5) is 27.7. The predicted octanol–water partition coefficient (Wildman–Crippen LogP) is 4.42. The van der Waals surface area contributed by atoms with Crippen LogP contribution in [-0.4, -0.2) is 37.0 Å². The Morgan fingerprint density at radius 3 is 2.23 bits per heavy atom. The standard InChI is InChI=1S/C26H35N3O2/c1-5-20-10-12-21(13-11-20)25(30)28-22-14-16-29(17-15-22)24-9-7-6-8-23(24)26(31)27-19(4)18(2)3/h6-13,18-19,22H,5,14-17H2,1-4H3,(H,27,31)(H,28,30)/t19-/m1/s1. The fraction of sp³-hybridized carbons (Fsp3) is 0.462. The van der Waals surface area contributed by atoms with E-state index in [2.05, 4.69) is 36.3 Å². The third-order valence-electron chi connectivity index (χ3n) is 6.30. The van der Waals surface area contributed by atoms with E-state index in [1.807, 2.05) is 55.5 Å². The molecule has 31 heavy (non-hydrogen) atoms. The summed E-state index contributed by atoms with van der Waals surface area (Å²) >= 11 is 0. The number of rotatable bonds is 7. The molecule has 2 amide bonds. The summed E-state index contributed by atoms with van der Waals surface area (Å²) in [6.07, 6.45) is 2.69. The first-order chi connectivity index (χ1) is 14.9. The van der Waals surface area contributed by atoms with Crippen molar-refractivity contribution < 1.29 is 9.59 Å². The molecule has 0 aromatic heterocycles. The Bertz CT molecular complexity index is 884. The zero-order valence-electron chi connectivity index (χ0n) is 19.2. The van der Waals surface area contributed by atoms with Gasteiger partial charge in [-0.3, -0.25) is 9.59 Å². The third kappa shape index (κ3) is 5.87. The number of hydrogen-bond acceptors (Lipinski definition) is 3. The van der Waals surface area contributed by atoms with E-state index in [4.69, 9.17) is 0 Å². The molecule has 5 nitrogen and oxygen atoms in total. The highest BCUT2D eigenvalue weighted by Gasteiger charge is 2.24. The van der Waals surface area contributed by atoms with Gasteiger partial charge in [0.2, 0.25) is 0 Å². The second-order valence-corrected chi connectivity index (χ2v) is 8.81. The van der Waals surface area contributed by atoms with Crippen LogP contribution in [0.4, 0.5) is 5.69 Å². The first-order valence-electron chi connectivity index (χ1n) is 11.4. The number of piperidine rings is 1. The predicted molar refractivity (Wildman–Crippen MR) is 127 cm³/mol. The van der Waals surface area contributed by atoms with Crippen molar-refractivity contribution in [3.05, 3.63) is 65.2 Å². The maximum Gasteiger partial charge on any atom is 0.253 e. The number of benzene rings is 2. The van der Waals surface area contributed by atoms with Gasteiger partial charge in [0, 0.05) is 36.4 Å². The smallest absolute Gasteiger partial charge is 0.253 e. The molecule has 0 saturated carbocycles. The molecule has 3 rings (SSSR count). The summed E-state index contributed by atoms with van der Waals surface area (Å²) < 4.78 is 0. The molecule has 0 spiro atoms. The molecular formula is C26H35N3O2. The molecular weight excluding hydrogens is 386 g/mol. The number of para-hydroxylation sites is 1. The molecule has 166 valence electrons. The number of anilines is 1. The Hall–Kier alpha value is -2.82. The minimum atomic E-state index is -0.0252. The molecule has 0 aliphatic carbocycles. The Morgan fingerprint density at radius 2 is 1.61 bits per heavy atom. The topological polar surface area (TPSA) is 61.4 Å². The first kappa shape index (κ1) is 22.9. The minimum absolute atomic E-state index is 0.0106. The lowest BCUT2D eigenvalue weighted by Crippen LogP contribution is -2.45. The van der Waals surface area contributed by atoms with Crippen molar-refractivity contribution >= 4 is 17.5 Å². The van der Waals surface area contributed by atoms with Crippen LogP contribution in [0, 0.1) is 5.92 Å². The highest BCUT2D eigenvalue weighted by molar-refractivity contribution is 6.00. The number of hydrogen-bond donors (Lipinski definition) is 2. The average Bonchev–Trinajstić information content (AvgIpc) is 2.79. The van der Waals surface area contributed by atoms with Crippen LogP contribution in [-0.2, 0) is 6.42 Å². The largest absolute Gasteiger partial charge is 0.371 e. The Kier molecular flexibility index (Phi) is 7.72. The molecule has 2 N–H and O–H groups in total. The van der Waals surface area contributed by atoms with E-state index < -0.39 is 0 Å². The van der Waals surface area contributed by atoms with Crippen molar-refractivity contribution in [2.45, 2.75) is 59.0 Å². The number of amides is 2. The molecule has 1 fully saturated rings. The van der Waals surface area contributed by atoms with Gasteiger partial charge in [-0.2, -0.15) is 0 Å². The Labute approximate surface area is 186 Å². The second kappa shape index (κ2) is 10.5. The van der Waals surface area contributed by atoms with E-state index >= 15 is 0 Å². The van der Waals surface area contributed by atoms with Gasteiger partial charge in [-0.25, -0.2) is 0 Å². The van der Waals surface area contributed by atoms with Crippen molar-refractivity contribution in [1.82, 2.24) is 10.6 Å². The fourth-order valence-electron chi connectivity index (χ4n) is 3.82. The van der Waals surface area contributed by atoms with E-state index in [1.165, 1.54) is 5.56 Å². The van der Waals surface area contributed by atoms with E-state index in [1.54, 1.807) is 0 Å². The van der Waals surface area contributed by atoms with Crippen LogP contribution in [0.3, 0.4) is 0 Å². The molecule has 0 bridgehead atoms. The number of carbonyl (C=O) groups excluding carboxylic acids is 2. The maximum atomic E-state index is 12.8. The summed E-state index contributed by atoms with van der Waals surface area (Å²) in [5.41, 5.74) is 3.63. The van der Waals surface area contributed by atoms with Crippen molar-refractivity contribution in [2.75, 3.05) is 18.0 Å². The van der Waals surface area contributed by atoms with E-state index in [0.29, 0.717) is 17.0 Å². The molecule has 1 saturated heterocycles. The molecule has 1 atom stereocenters. The lowest BCUT2D eigenvalue weighted by Gasteiger charge is -2.35.